The standard InChI is InChI=1S/C18H25N3O/c1-12-7-6-9-16(13(12)2)19-18(22)11-21-17-10-5-4-8-15(17)14(3)20-21/h4-5,8,10,12-13,16H,6-7,9,11H2,1-3H3,(H,19,22)/t12-,13+,16+/m0/s1. The average Bonchev–Trinajstić information content (AvgIpc) is 2.81. The zero-order chi connectivity index (χ0) is 15.7. The fraction of sp³-hybridized carbons (Fsp3) is 0.556. The lowest BCUT2D eigenvalue weighted by Crippen LogP contribution is -2.44. The quantitative estimate of drug-likeness (QED) is 0.945. The number of amides is 1. The Morgan fingerprint density at radius 3 is 2.91 bits per heavy atom. The lowest BCUT2D eigenvalue weighted by atomic mass is 9.78. The number of hydrogen-bond acceptors (Lipinski definition) is 2. The van der Waals surface area contributed by atoms with Crippen molar-refractivity contribution in [2.75, 3.05) is 0 Å². The molecule has 4 heteroatoms. The van der Waals surface area contributed by atoms with Crippen molar-refractivity contribution in [3.05, 3.63) is 30.0 Å². The van der Waals surface area contributed by atoms with Crippen molar-refractivity contribution in [1.29, 1.82) is 0 Å². The van der Waals surface area contributed by atoms with Gasteiger partial charge in [-0.15, -0.1) is 0 Å². The fourth-order valence-corrected chi connectivity index (χ4v) is 3.59. The van der Waals surface area contributed by atoms with Gasteiger partial charge in [-0.2, -0.15) is 5.10 Å². The summed E-state index contributed by atoms with van der Waals surface area (Å²) in [5.41, 5.74) is 2.00. The van der Waals surface area contributed by atoms with E-state index in [-0.39, 0.29) is 5.91 Å². The predicted molar refractivity (Wildman–Crippen MR) is 88.6 cm³/mol. The Morgan fingerprint density at radius 1 is 1.32 bits per heavy atom. The lowest BCUT2D eigenvalue weighted by molar-refractivity contribution is -0.123. The predicted octanol–water partition coefficient (Wildman–Crippen LogP) is 3.29. The van der Waals surface area contributed by atoms with Gasteiger partial charge in [0.05, 0.1) is 11.2 Å². The molecule has 4 nitrogen and oxygen atoms in total. The molecule has 22 heavy (non-hydrogen) atoms. The summed E-state index contributed by atoms with van der Waals surface area (Å²) >= 11 is 0. The van der Waals surface area contributed by atoms with Gasteiger partial charge in [0.25, 0.3) is 0 Å². The van der Waals surface area contributed by atoms with Gasteiger partial charge in [0.1, 0.15) is 6.54 Å². The Hall–Kier alpha value is -1.84. The number of aryl methyl sites for hydroxylation is 1. The van der Waals surface area contributed by atoms with Crippen LogP contribution in [0.2, 0.25) is 0 Å². The molecule has 2 aromatic rings. The van der Waals surface area contributed by atoms with E-state index in [0.717, 1.165) is 23.0 Å². The van der Waals surface area contributed by atoms with Crippen LogP contribution in [0.25, 0.3) is 10.9 Å². The summed E-state index contributed by atoms with van der Waals surface area (Å²) in [4.78, 5) is 12.4. The van der Waals surface area contributed by atoms with Crippen LogP contribution >= 0.6 is 0 Å². The SMILES string of the molecule is Cc1nn(CC(=O)N[C@@H]2CCC[C@H](C)[C@H]2C)c2ccccc12. The lowest BCUT2D eigenvalue weighted by Gasteiger charge is -2.34. The summed E-state index contributed by atoms with van der Waals surface area (Å²) < 4.78 is 1.82. The van der Waals surface area contributed by atoms with E-state index in [1.807, 2.05) is 29.8 Å². The van der Waals surface area contributed by atoms with Crippen LogP contribution in [0.3, 0.4) is 0 Å². The van der Waals surface area contributed by atoms with Gasteiger partial charge in [0.15, 0.2) is 0 Å². The highest BCUT2D eigenvalue weighted by atomic mass is 16.2. The third-order valence-electron chi connectivity index (χ3n) is 5.19. The first-order valence-electron chi connectivity index (χ1n) is 8.28. The highest BCUT2D eigenvalue weighted by Gasteiger charge is 2.28. The average molecular weight is 299 g/mol. The molecule has 0 radical (unpaired) electrons. The van der Waals surface area contributed by atoms with Crippen molar-refractivity contribution < 1.29 is 4.79 Å². The van der Waals surface area contributed by atoms with Crippen LogP contribution in [0.1, 0.15) is 38.8 Å². The molecular weight excluding hydrogens is 274 g/mol. The summed E-state index contributed by atoms with van der Waals surface area (Å²) in [5, 5.41) is 8.85. The second-order valence-electron chi connectivity index (χ2n) is 6.70. The minimum absolute atomic E-state index is 0.0687. The van der Waals surface area contributed by atoms with E-state index < -0.39 is 0 Å². The monoisotopic (exact) mass is 299 g/mol. The van der Waals surface area contributed by atoms with Crippen LogP contribution in [0, 0.1) is 18.8 Å². The topological polar surface area (TPSA) is 46.9 Å². The number of nitrogens with one attached hydrogen (secondary N) is 1. The van der Waals surface area contributed by atoms with Crippen LogP contribution in [-0.4, -0.2) is 21.7 Å². The van der Waals surface area contributed by atoms with Gasteiger partial charge in [0, 0.05) is 11.4 Å². The van der Waals surface area contributed by atoms with E-state index >= 15 is 0 Å². The molecule has 0 unspecified atom stereocenters. The third-order valence-corrected chi connectivity index (χ3v) is 5.19. The smallest absolute Gasteiger partial charge is 0.241 e. The second-order valence-corrected chi connectivity index (χ2v) is 6.70. The first-order valence-corrected chi connectivity index (χ1v) is 8.28. The summed E-state index contributed by atoms with van der Waals surface area (Å²) in [7, 11) is 0. The number of para-hydroxylation sites is 1. The molecule has 1 aromatic carbocycles. The van der Waals surface area contributed by atoms with Crippen molar-refractivity contribution >= 4 is 16.8 Å². The van der Waals surface area contributed by atoms with E-state index in [2.05, 4.69) is 30.3 Å². The van der Waals surface area contributed by atoms with E-state index in [9.17, 15) is 4.79 Å². The van der Waals surface area contributed by atoms with Crippen molar-refractivity contribution in [1.82, 2.24) is 15.1 Å². The Bertz CT molecular complexity index is 676. The molecule has 1 aliphatic rings. The molecule has 0 saturated heterocycles. The minimum atomic E-state index is 0.0687. The number of carbonyl (C=O) groups excluding carboxylic acids is 1. The van der Waals surface area contributed by atoms with E-state index in [4.69, 9.17) is 0 Å². The Kier molecular flexibility index (Phi) is 4.19. The molecule has 1 heterocycles. The molecular formula is C18H25N3O. The van der Waals surface area contributed by atoms with E-state index in [0.29, 0.717) is 24.4 Å². The van der Waals surface area contributed by atoms with Gasteiger partial charge in [-0.25, -0.2) is 0 Å². The zero-order valence-electron chi connectivity index (χ0n) is 13.7. The Morgan fingerprint density at radius 2 is 2.09 bits per heavy atom. The van der Waals surface area contributed by atoms with Crippen molar-refractivity contribution in [2.45, 2.75) is 52.6 Å². The molecule has 1 N–H and O–H groups in total. The molecule has 1 aliphatic carbocycles. The van der Waals surface area contributed by atoms with E-state index in [1.165, 1.54) is 12.8 Å². The first kappa shape index (κ1) is 15.1. The maximum Gasteiger partial charge on any atom is 0.241 e. The molecule has 3 atom stereocenters. The number of rotatable bonds is 3. The molecule has 1 saturated carbocycles. The number of carbonyl (C=O) groups is 1. The van der Waals surface area contributed by atoms with Gasteiger partial charge < -0.3 is 5.32 Å². The number of nitrogens with zero attached hydrogens (tertiary/aromatic N) is 2. The van der Waals surface area contributed by atoms with Gasteiger partial charge in [-0.1, -0.05) is 44.9 Å². The van der Waals surface area contributed by atoms with Crippen molar-refractivity contribution in [3.63, 3.8) is 0 Å². The number of benzene rings is 1. The summed E-state index contributed by atoms with van der Waals surface area (Å²) in [6.45, 7) is 6.82. The Balaban J connectivity index is 1.71. The number of aromatic nitrogens is 2. The highest BCUT2D eigenvalue weighted by Crippen LogP contribution is 2.29. The molecule has 0 aliphatic heterocycles. The van der Waals surface area contributed by atoms with Gasteiger partial charge in [-0.05, 0) is 31.2 Å². The van der Waals surface area contributed by atoms with Gasteiger partial charge in [0.2, 0.25) is 5.91 Å². The van der Waals surface area contributed by atoms with Gasteiger partial charge in [-0.3, -0.25) is 9.48 Å². The van der Waals surface area contributed by atoms with Crippen LogP contribution in [-0.2, 0) is 11.3 Å². The van der Waals surface area contributed by atoms with Crippen molar-refractivity contribution in [2.24, 2.45) is 11.8 Å². The van der Waals surface area contributed by atoms with E-state index in [1.54, 1.807) is 0 Å². The second kappa shape index (κ2) is 6.11. The summed E-state index contributed by atoms with van der Waals surface area (Å²) in [6.07, 6.45) is 3.58. The molecule has 0 spiro atoms. The largest absolute Gasteiger partial charge is 0.351 e. The number of hydrogen-bond donors (Lipinski definition) is 1. The Labute approximate surface area is 131 Å². The van der Waals surface area contributed by atoms with Gasteiger partial charge >= 0.3 is 0 Å². The summed E-state index contributed by atoms with van der Waals surface area (Å²) in [5.74, 6) is 1.31. The van der Waals surface area contributed by atoms with Crippen LogP contribution < -0.4 is 5.32 Å². The zero-order valence-corrected chi connectivity index (χ0v) is 13.7. The molecule has 1 fully saturated rings. The third kappa shape index (κ3) is 2.87. The number of fused-ring (bicyclic) bond motifs is 1. The maximum absolute atomic E-state index is 12.4. The minimum Gasteiger partial charge on any atom is -0.351 e. The maximum atomic E-state index is 12.4. The summed E-state index contributed by atoms with van der Waals surface area (Å²) in [6, 6.07) is 8.37. The van der Waals surface area contributed by atoms with Crippen molar-refractivity contribution in [3.8, 4) is 0 Å². The molecule has 118 valence electrons. The molecule has 1 aromatic heterocycles. The van der Waals surface area contributed by atoms with Crippen LogP contribution in [0.5, 0.6) is 0 Å². The fourth-order valence-electron chi connectivity index (χ4n) is 3.59. The molecule has 3 rings (SSSR count). The molecule has 0 bridgehead atoms. The first-order chi connectivity index (χ1) is 10.6. The normalized spacial score (nSPS) is 25.3. The van der Waals surface area contributed by atoms with Crippen LogP contribution in [0.15, 0.2) is 24.3 Å². The highest BCUT2D eigenvalue weighted by molar-refractivity contribution is 5.84. The van der Waals surface area contributed by atoms with Crippen LogP contribution in [0.4, 0.5) is 0 Å². The molecule has 1 amide bonds.